The van der Waals surface area contributed by atoms with Gasteiger partial charge >= 0.3 is 0 Å². The number of hydrogen-bond acceptors (Lipinski definition) is 5. The minimum Gasteiger partial charge on any atom is -0.303 e. The Hall–Kier alpha value is -2.31. The van der Waals surface area contributed by atoms with Crippen LogP contribution in [0.3, 0.4) is 0 Å². The molecule has 0 unspecified atom stereocenters. The third kappa shape index (κ3) is 3.33. The molecule has 7 heteroatoms. The summed E-state index contributed by atoms with van der Waals surface area (Å²) >= 11 is 0. The summed E-state index contributed by atoms with van der Waals surface area (Å²) in [6, 6.07) is 5.74. The molecule has 1 aromatic carbocycles. The molecule has 0 spiro atoms. The molecular weight excluding hydrogens is 228 g/mol. The molecule has 0 aliphatic carbocycles. The van der Waals surface area contributed by atoms with E-state index in [1.807, 2.05) is 0 Å². The predicted molar refractivity (Wildman–Crippen MR) is 58.4 cm³/mol. The predicted octanol–water partition coefficient (Wildman–Crippen LogP) is 1.54. The van der Waals surface area contributed by atoms with E-state index in [0.717, 1.165) is 0 Å². The molecule has 0 radical (unpaired) electrons. The molecule has 0 aliphatic rings. The largest absolute Gasteiger partial charge is 0.303 e. The summed E-state index contributed by atoms with van der Waals surface area (Å²) in [5.41, 5.74) is 0.0301. The molecule has 0 amide bonds. The molecule has 1 atom stereocenters. The highest BCUT2D eigenvalue weighted by Gasteiger charge is 2.25. The molecule has 0 saturated carbocycles. The number of nitro benzene ring substituents is 1. The van der Waals surface area contributed by atoms with E-state index in [-0.39, 0.29) is 17.7 Å². The van der Waals surface area contributed by atoms with Gasteiger partial charge in [0.15, 0.2) is 0 Å². The van der Waals surface area contributed by atoms with Gasteiger partial charge in [-0.3, -0.25) is 20.2 Å². The summed E-state index contributed by atoms with van der Waals surface area (Å²) < 4.78 is 0. The normalized spacial score (nSPS) is 11.8. The van der Waals surface area contributed by atoms with E-state index >= 15 is 0 Å². The number of para-hydroxylation sites is 1. The van der Waals surface area contributed by atoms with Gasteiger partial charge in [-0.15, -0.1) is 0 Å². The molecule has 0 N–H and O–H groups in total. The number of carbonyl (C=O) groups is 1. The molecular formula is C10H10N2O5. The first-order chi connectivity index (χ1) is 8.06. The van der Waals surface area contributed by atoms with Crippen LogP contribution in [0, 0.1) is 20.2 Å². The molecule has 0 fully saturated rings. The fourth-order valence-corrected chi connectivity index (χ4v) is 1.59. The van der Waals surface area contributed by atoms with Crippen LogP contribution in [0.15, 0.2) is 24.3 Å². The quantitative estimate of drug-likeness (QED) is 0.424. The second-order valence-electron chi connectivity index (χ2n) is 3.43. The first kappa shape index (κ1) is 12.8. The third-order valence-corrected chi connectivity index (χ3v) is 2.32. The summed E-state index contributed by atoms with van der Waals surface area (Å²) in [4.78, 5) is 30.5. The monoisotopic (exact) mass is 238 g/mol. The van der Waals surface area contributed by atoms with E-state index in [2.05, 4.69) is 0 Å². The summed E-state index contributed by atoms with van der Waals surface area (Å²) in [6.45, 7) is -0.496. The molecule has 1 rings (SSSR count). The van der Waals surface area contributed by atoms with Gasteiger partial charge < -0.3 is 4.79 Å². The highest BCUT2D eigenvalue weighted by atomic mass is 16.6. The Balaban J connectivity index is 3.12. The van der Waals surface area contributed by atoms with Gasteiger partial charge in [-0.05, 0) is 0 Å². The van der Waals surface area contributed by atoms with Crippen molar-refractivity contribution in [3.8, 4) is 0 Å². The van der Waals surface area contributed by atoms with Crippen molar-refractivity contribution in [3.63, 3.8) is 0 Å². The molecule has 7 nitrogen and oxygen atoms in total. The summed E-state index contributed by atoms with van der Waals surface area (Å²) in [6.07, 6.45) is 0.427. The maximum Gasteiger partial charge on any atom is 0.273 e. The highest BCUT2D eigenvalue weighted by Crippen LogP contribution is 2.28. The second kappa shape index (κ2) is 5.69. The summed E-state index contributed by atoms with van der Waals surface area (Å²) in [7, 11) is 0. The number of carbonyl (C=O) groups excluding carboxylic acids is 1. The van der Waals surface area contributed by atoms with Gasteiger partial charge in [-0.2, -0.15) is 0 Å². The average molecular weight is 238 g/mol. The molecule has 0 aromatic heterocycles. The number of hydrogen-bond donors (Lipinski definition) is 0. The van der Waals surface area contributed by atoms with Crippen molar-refractivity contribution >= 4 is 12.0 Å². The molecule has 0 heterocycles. The molecule has 90 valence electrons. The van der Waals surface area contributed by atoms with Crippen LogP contribution in [0.4, 0.5) is 5.69 Å². The number of nitrogens with zero attached hydrogens (tertiary/aromatic N) is 2. The third-order valence-electron chi connectivity index (χ3n) is 2.32. The SMILES string of the molecule is O=CC[C@H](C[N+](=O)[O-])c1ccccc1[N+](=O)[O-]. The van der Waals surface area contributed by atoms with Crippen LogP contribution < -0.4 is 0 Å². The van der Waals surface area contributed by atoms with E-state index in [1.54, 1.807) is 6.07 Å². The van der Waals surface area contributed by atoms with Gasteiger partial charge in [-0.25, -0.2) is 0 Å². The van der Waals surface area contributed by atoms with E-state index in [1.165, 1.54) is 18.2 Å². The zero-order chi connectivity index (χ0) is 12.8. The Kier molecular flexibility index (Phi) is 4.27. The average Bonchev–Trinajstić information content (AvgIpc) is 2.28. The lowest BCUT2D eigenvalue weighted by Gasteiger charge is -2.09. The molecule has 0 saturated heterocycles. The topological polar surface area (TPSA) is 103 Å². The zero-order valence-electron chi connectivity index (χ0n) is 8.81. The van der Waals surface area contributed by atoms with Crippen molar-refractivity contribution in [1.82, 2.24) is 0 Å². The van der Waals surface area contributed by atoms with Crippen LogP contribution in [0.25, 0.3) is 0 Å². The molecule has 0 bridgehead atoms. The maximum absolute atomic E-state index is 10.8. The fourth-order valence-electron chi connectivity index (χ4n) is 1.59. The van der Waals surface area contributed by atoms with Crippen molar-refractivity contribution in [2.75, 3.05) is 6.54 Å². The number of benzene rings is 1. The van der Waals surface area contributed by atoms with Crippen molar-refractivity contribution in [2.24, 2.45) is 0 Å². The highest BCUT2D eigenvalue weighted by molar-refractivity contribution is 5.54. The Labute approximate surface area is 96.4 Å². The van der Waals surface area contributed by atoms with Crippen LogP contribution in [-0.2, 0) is 4.79 Å². The fraction of sp³-hybridized carbons (Fsp3) is 0.300. The maximum atomic E-state index is 10.8. The number of aldehydes is 1. The van der Waals surface area contributed by atoms with Crippen LogP contribution in [0.5, 0.6) is 0 Å². The van der Waals surface area contributed by atoms with Gasteiger partial charge in [-0.1, -0.05) is 18.2 Å². The molecule has 0 aliphatic heterocycles. The zero-order valence-corrected chi connectivity index (χ0v) is 8.81. The lowest BCUT2D eigenvalue weighted by molar-refractivity contribution is -0.483. The summed E-state index contributed by atoms with van der Waals surface area (Å²) in [5.74, 6) is -0.760. The second-order valence-corrected chi connectivity index (χ2v) is 3.43. The number of nitro groups is 2. The van der Waals surface area contributed by atoms with Crippen molar-refractivity contribution in [3.05, 3.63) is 50.1 Å². The minimum atomic E-state index is -0.760. The van der Waals surface area contributed by atoms with Crippen LogP contribution in [-0.4, -0.2) is 22.7 Å². The Bertz CT molecular complexity index is 446. The van der Waals surface area contributed by atoms with E-state index in [4.69, 9.17) is 0 Å². The first-order valence-corrected chi connectivity index (χ1v) is 4.85. The van der Waals surface area contributed by atoms with E-state index < -0.39 is 22.3 Å². The van der Waals surface area contributed by atoms with Gasteiger partial charge in [0.1, 0.15) is 6.29 Å². The van der Waals surface area contributed by atoms with Crippen molar-refractivity contribution < 1.29 is 14.6 Å². The van der Waals surface area contributed by atoms with E-state index in [0.29, 0.717) is 6.29 Å². The Morgan fingerprint density at radius 2 is 1.88 bits per heavy atom. The smallest absolute Gasteiger partial charge is 0.273 e. The molecule has 1 aromatic rings. The van der Waals surface area contributed by atoms with Crippen molar-refractivity contribution in [2.45, 2.75) is 12.3 Å². The van der Waals surface area contributed by atoms with Crippen LogP contribution in [0.2, 0.25) is 0 Å². The first-order valence-electron chi connectivity index (χ1n) is 4.85. The lowest BCUT2D eigenvalue weighted by atomic mass is 9.95. The van der Waals surface area contributed by atoms with Gasteiger partial charge in [0, 0.05) is 23.0 Å². The van der Waals surface area contributed by atoms with Gasteiger partial charge in [0.05, 0.1) is 10.8 Å². The Morgan fingerprint density at radius 1 is 1.24 bits per heavy atom. The van der Waals surface area contributed by atoms with Crippen LogP contribution in [0.1, 0.15) is 17.9 Å². The number of rotatable bonds is 6. The van der Waals surface area contributed by atoms with Crippen molar-refractivity contribution in [1.29, 1.82) is 0 Å². The minimum absolute atomic E-state index is 0.105. The lowest BCUT2D eigenvalue weighted by Crippen LogP contribution is -2.14. The van der Waals surface area contributed by atoms with Gasteiger partial charge in [0.2, 0.25) is 6.54 Å². The van der Waals surface area contributed by atoms with E-state index in [9.17, 15) is 25.0 Å². The van der Waals surface area contributed by atoms with Crippen LogP contribution >= 0.6 is 0 Å². The molecule has 17 heavy (non-hydrogen) atoms. The van der Waals surface area contributed by atoms with Gasteiger partial charge in [0.25, 0.3) is 5.69 Å². The Morgan fingerprint density at radius 3 is 2.41 bits per heavy atom. The standard InChI is InChI=1S/C10H10N2O5/c13-6-5-8(7-11(14)15)9-3-1-2-4-10(9)12(16)17/h1-4,6,8H,5,7H2/t8-/m1/s1. The summed E-state index contributed by atoms with van der Waals surface area (Å²) in [5, 5.41) is 21.2.